The second-order valence-electron chi connectivity index (χ2n) is 10.0. The van der Waals surface area contributed by atoms with E-state index < -0.39 is 0 Å². The summed E-state index contributed by atoms with van der Waals surface area (Å²) in [6, 6.07) is 8.16. The van der Waals surface area contributed by atoms with Gasteiger partial charge in [0.15, 0.2) is 0 Å². The SMILES string of the molecule is NC(=O)C1CCN(C(=O)CN2CCC3(CCCCc4ccccc4OCCNC3=O)CC2)CC1. The number of rotatable bonds is 3. The van der Waals surface area contributed by atoms with Crippen molar-refractivity contribution in [3.8, 4) is 5.75 Å². The smallest absolute Gasteiger partial charge is 0.236 e. The molecule has 0 unspecified atom stereocenters. The fourth-order valence-electron chi connectivity index (χ4n) is 5.58. The molecule has 4 rings (SSSR count). The van der Waals surface area contributed by atoms with Crippen LogP contribution in [0.1, 0.15) is 50.5 Å². The van der Waals surface area contributed by atoms with Crippen LogP contribution in [0.4, 0.5) is 0 Å². The van der Waals surface area contributed by atoms with Crippen molar-refractivity contribution >= 4 is 17.7 Å². The highest BCUT2D eigenvalue weighted by Gasteiger charge is 2.41. The first-order valence-corrected chi connectivity index (χ1v) is 12.8. The second-order valence-corrected chi connectivity index (χ2v) is 10.0. The first kappa shape index (κ1) is 24.5. The number of likely N-dealkylation sites (tertiary alicyclic amines) is 2. The summed E-state index contributed by atoms with van der Waals surface area (Å²) in [5.41, 5.74) is 6.27. The number of nitrogens with one attached hydrogen (secondary N) is 1. The van der Waals surface area contributed by atoms with Crippen molar-refractivity contribution in [2.75, 3.05) is 45.9 Å². The fourth-order valence-corrected chi connectivity index (χ4v) is 5.58. The van der Waals surface area contributed by atoms with Gasteiger partial charge >= 0.3 is 0 Å². The van der Waals surface area contributed by atoms with Crippen LogP contribution in [0.5, 0.6) is 5.75 Å². The molecule has 8 heteroatoms. The lowest BCUT2D eigenvalue weighted by Crippen LogP contribution is -2.52. The largest absolute Gasteiger partial charge is 0.491 e. The second kappa shape index (κ2) is 11.2. The van der Waals surface area contributed by atoms with E-state index in [9.17, 15) is 14.4 Å². The quantitative estimate of drug-likeness (QED) is 0.700. The van der Waals surface area contributed by atoms with Crippen LogP contribution in [-0.4, -0.2) is 73.4 Å². The number of hydrogen-bond acceptors (Lipinski definition) is 5. The van der Waals surface area contributed by atoms with Gasteiger partial charge in [-0.1, -0.05) is 24.6 Å². The molecular weight excluding hydrogens is 432 g/mol. The summed E-state index contributed by atoms with van der Waals surface area (Å²) < 4.78 is 5.93. The van der Waals surface area contributed by atoms with Gasteiger partial charge in [-0.05, 0) is 69.7 Å². The number of nitrogens with zero attached hydrogens (tertiary/aromatic N) is 2. The zero-order valence-corrected chi connectivity index (χ0v) is 20.1. The molecule has 0 radical (unpaired) electrons. The number of benzene rings is 1. The molecule has 3 amide bonds. The maximum Gasteiger partial charge on any atom is 0.236 e. The van der Waals surface area contributed by atoms with Crippen molar-refractivity contribution in [1.29, 1.82) is 0 Å². The first-order chi connectivity index (χ1) is 16.5. The van der Waals surface area contributed by atoms with Crippen LogP contribution in [0, 0.1) is 11.3 Å². The molecule has 0 atom stereocenters. The lowest BCUT2D eigenvalue weighted by Gasteiger charge is -2.41. The highest BCUT2D eigenvalue weighted by atomic mass is 16.5. The molecule has 186 valence electrons. The highest BCUT2D eigenvalue weighted by molar-refractivity contribution is 5.83. The molecule has 0 saturated carbocycles. The third kappa shape index (κ3) is 5.90. The van der Waals surface area contributed by atoms with E-state index in [0.717, 1.165) is 57.4 Å². The number of primary amides is 1. The van der Waals surface area contributed by atoms with E-state index in [-0.39, 0.29) is 29.1 Å². The van der Waals surface area contributed by atoms with Crippen molar-refractivity contribution < 1.29 is 19.1 Å². The lowest BCUT2D eigenvalue weighted by molar-refractivity contribution is -0.138. The summed E-state index contributed by atoms with van der Waals surface area (Å²) >= 11 is 0. The average Bonchev–Trinajstić information content (AvgIpc) is 2.85. The zero-order chi connectivity index (χ0) is 24.0. The van der Waals surface area contributed by atoms with Gasteiger partial charge in [0.1, 0.15) is 12.4 Å². The van der Waals surface area contributed by atoms with Gasteiger partial charge in [0.25, 0.3) is 0 Å². The van der Waals surface area contributed by atoms with Gasteiger partial charge in [-0.3, -0.25) is 19.3 Å². The third-order valence-electron chi connectivity index (χ3n) is 7.87. The number of piperidine rings is 2. The van der Waals surface area contributed by atoms with Crippen LogP contribution in [0.25, 0.3) is 0 Å². The van der Waals surface area contributed by atoms with Crippen LogP contribution in [-0.2, 0) is 20.8 Å². The molecule has 0 aliphatic carbocycles. The Morgan fingerprint density at radius 3 is 2.53 bits per heavy atom. The van der Waals surface area contributed by atoms with Gasteiger partial charge in [-0.25, -0.2) is 0 Å². The molecule has 3 aliphatic rings. The Morgan fingerprint density at radius 2 is 1.79 bits per heavy atom. The third-order valence-corrected chi connectivity index (χ3v) is 7.87. The molecule has 1 spiro atoms. The Hall–Kier alpha value is -2.61. The van der Waals surface area contributed by atoms with Gasteiger partial charge in [-0.15, -0.1) is 0 Å². The molecule has 1 aromatic carbocycles. The van der Waals surface area contributed by atoms with Crippen LogP contribution < -0.4 is 15.8 Å². The predicted octanol–water partition coefficient (Wildman–Crippen LogP) is 1.71. The molecule has 1 aromatic rings. The molecule has 2 fully saturated rings. The van der Waals surface area contributed by atoms with E-state index in [1.807, 2.05) is 23.1 Å². The summed E-state index contributed by atoms with van der Waals surface area (Å²) in [7, 11) is 0. The lowest BCUT2D eigenvalue weighted by atomic mass is 9.73. The van der Waals surface area contributed by atoms with Gasteiger partial charge in [0.05, 0.1) is 18.5 Å². The van der Waals surface area contributed by atoms with E-state index in [0.29, 0.717) is 45.6 Å². The summed E-state index contributed by atoms with van der Waals surface area (Å²) in [6.07, 6.45) is 6.71. The predicted molar refractivity (Wildman–Crippen MR) is 129 cm³/mol. The number of carbonyl (C=O) groups excluding carboxylic acids is 3. The van der Waals surface area contributed by atoms with E-state index in [2.05, 4.69) is 16.3 Å². The normalized spacial score (nSPS) is 22.6. The molecule has 3 N–H and O–H groups in total. The number of nitrogens with two attached hydrogens (primary N) is 1. The maximum absolute atomic E-state index is 13.2. The highest BCUT2D eigenvalue weighted by Crippen LogP contribution is 2.37. The average molecular weight is 471 g/mol. The number of fused-ring (bicyclic) bond motifs is 1. The van der Waals surface area contributed by atoms with Gasteiger partial charge in [0.2, 0.25) is 17.7 Å². The van der Waals surface area contributed by atoms with Crippen molar-refractivity contribution in [2.45, 2.75) is 51.4 Å². The van der Waals surface area contributed by atoms with E-state index in [1.54, 1.807) is 0 Å². The maximum atomic E-state index is 13.2. The molecule has 2 saturated heterocycles. The Morgan fingerprint density at radius 1 is 1.06 bits per heavy atom. The van der Waals surface area contributed by atoms with E-state index >= 15 is 0 Å². The van der Waals surface area contributed by atoms with E-state index in [1.165, 1.54) is 5.56 Å². The molecule has 0 bridgehead atoms. The summed E-state index contributed by atoms with van der Waals surface area (Å²) in [5.74, 6) is 0.781. The van der Waals surface area contributed by atoms with Crippen LogP contribution in [0.2, 0.25) is 0 Å². The van der Waals surface area contributed by atoms with Gasteiger partial charge in [0, 0.05) is 19.0 Å². The number of carbonyl (C=O) groups is 3. The zero-order valence-electron chi connectivity index (χ0n) is 20.1. The van der Waals surface area contributed by atoms with Crippen molar-refractivity contribution in [1.82, 2.24) is 15.1 Å². The summed E-state index contributed by atoms with van der Waals surface area (Å²) in [5, 5.41) is 3.12. The minimum atomic E-state index is -0.363. The molecule has 3 aliphatic heterocycles. The van der Waals surface area contributed by atoms with Gasteiger partial charge < -0.3 is 20.7 Å². The van der Waals surface area contributed by atoms with E-state index in [4.69, 9.17) is 10.5 Å². The number of amides is 3. The number of aryl methyl sites for hydroxylation is 1. The Bertz CT molecular complexity index is 873. The minimum absolute atomic E-state index is 0.109. The van der Waals surface area contributed by atoms with Gasteiger partial charge in [-0.2, -0.15) is 0 Å². The molecule has 8 nitrogen and oxygen atoms in total. The molecule has 0 aromatic heterocycles. The fraction of sp³-hybridized carbons (Fsp3) is 0.654. The Balaban J connectivity index is 1.29. The van der Waals surface area contributed by atoms with Crippen LogP contribution in [0.3, 0.4) is 0 Å². The minimum Gasteiger partial charge on any atom is -0.491 e. The topological polar surface area (TPSA) is 105 Å². The number of para-hydroxylation sites is 1. The first-order valence-electron chi connectivity index (χ1n) is 12.8. The summed E-state index contributed by atoms with van der Waals surface area (Å²) in [6.45, 7) is 4.02. The summed E-state index contributed by atoms with van der Waals surface area (Å²) in [4.78, 5) is 41.4. The Labute approximate surface area is 202 Å². The molecule has 34 heavy (non-hydrogen) atoms. The monoisotopic (exact) mass is 470 g/mol. The molecule has 3 heterocycles. The number of hydrogen-bond donors (Lipinski definition) is 2. The number of ether oxygens (including phenoxy) is 1. The molecular formula is C26H38N4O4. The van der Waals surface area contributed by atoms with Crippen molar-refractivity contribution in [3.63, 3.8) is 0 Å². The van der Waals surface area contributed by atoms with Crippen molar-refractivity contribution in [3.05, 3.63) is 29.8 Å². The Kier molecular flexibility index (Phi) is 8.08. The standard InChI is InChI=1S/C26H38N4O4/c27-24(32)21-8-14-30(15-9-21)23(31)19-29-16-11-26(12-17-29)10-4-3-6-20-5-1-2-7-22(20)34-18-13-28-25(26)33/h1-2,5,7,21H,3-4,6,8-19H2,(H2,27,32)(H,28,33). The van der Waals surface area contributed by atoms with Crippen LogP contribution >= 0.6 is 0 Å². The van der Waals surface area contributed by atoms with Crippen LogP contribution in [0.15, 0.2) is 24.3 Å². The van der Waals surface area contributed by atoms with Crippen molar-refractivity contribution in [2.24, 2.45) is 17.1 Å².